The minimum atomic E-state index is -5.04. The average molecular weight is 485 g/mol. The molecule has 168 valence electrons. The van der Waals surface area contributed by atoms with E-state index in [0.717, 1.165) is 10.5 Å². The van der Waals surface area contributed by atoms with Gasteiger partial charge in [0.05, 0.1) is 27.2 Å². The number of halogens is 8. The molecule has 0 spiro atoms. The van der Waals surface area contributed by atoms with Crippen molar-refractivity contribution in [2.45, 2.75) is 24.3 Å². The van der Waals surface area contributed by atoms with Crippen molar-refractivity contribution in [3.63, 3.8) is 0 Å². The van der Waals surface area contributed by atoms with Gasteiger partial charge in [-0.15, -0.1) is 0 Å². The van der Waals surface area contributed by atoms with Crippen molar-refractivity contribution in [1.29, 1.82) is 0 Å². The largest absolute Gasteiger partial charge is 0.416 e. The number of hydrogen-bond acceptors (Lipinski definition) is 2. The van der Waals surface area contributed by atoms with Crippen molar-refractivity contribution in [3.8, 4) is 0 Å². The van der Waals surface area contributed by atoms with E-state index in [1.54, 1.807) is 18.2 Å². The zero-order valence-electron chi connectivity index (χ0n) is 15.9. The standard InChI is InChI=1S/C20H16Cl2F6N2O/c1-30(17-9-29-8-14(17)10-2-3-15(21)16(22)6-10)18(31)11-4-12(19(23,24)25)7-13(5-11)20(26,27)28/h2-7,14,17,29H,8-9H2,1H3/t14-,17+/m0/s1. The van der Waals surface area contributed by atoms with Crippen LogP contribution in [0.1, 0.15) is 33.0 Å². The number of carbonyl (C=O) groups is 1. The number of amides is 1. The molecular weight excluding hydrogens is 469 g/mol. The second-order valence-electron chi connectivity index (χ2n) is 7.22. The Bertz CT molecular complexity index is 960. The third kappa shape index (κ3) is 5.10. The number of carbonyl (C=O) groups excluding carboxylic acids is 1. The van der Waals surface area contributed by atoms with Crippen LogP contribution in [-0.2, 0) is 12.4 Å². The van der Waals surface area contributed by atoms with E-state index < -0.39 is 41.0 Å². The van der Waals surface area contributed by atoms with Gasteiger partial charge in [-0.25, -0.2) is 0 Å². The zero-order chi connectivity index (χ0) is 23.1. The van der Waals surface area contributed by atoms with Crippen molar-refractivity contribution in [3.05, 3.63) is 68.7 Å². The molecule has 0 unspecified atom stereocenters. The molecule has 0 aromatic heterocycles. The second kappa shape index (κ2) is 8.52. The number of nitrogens with one attached hydrogen (secondary N) is 1. The molecule has 2 aromatic carbocycles. The average Bonchev–Trinajstić information content (AvgIpc) is 3.17. The fourth-order valence-electron chi connectivity index (χ4n) is 3.59. The fraction of sp³-hybridized carbons (Fsp3) is 0.350. The number of alkyl halides is 6. The zero-order valence-corrected chi connectivity index (χ0v) is 17.4. The van der Waals surface area contributed by atoms with E-state index in [-0.39, 0.29) is 12.0 Å². The van der Waals surface area contributed by atoms with Gasteiger partial charge in [-0.1, -0.05) is 29.3 Å². The van der Waals surface area contributed by atoms with E-state index in [1.807, 2.05) is 0 Å². The summed E-state index contributed by atoms with van der Waals surface area (Å²) in [7, 11) is 1.35. The Hall–Kier alpha value is -1.97. The SMILES string of the molecule is CN(C(=O)c1cc(C(F)(F)F)cc(C(F)(F)F)c1)[C@@H]1CNC[C@H]1c1ccc(Cl)c(Cl)c1. The van der Waals surface area contributed by atoms with E-state index in [9.17, 15) is 31.1 Å². The van der Waals surface area contributed by atoms with Crippen LogP contribution in [0.3, 0.4) is 0 Å². The first-order chi connectivity index (χ1) is 14.3. The molecule has 0 saturated carbocycles. The highest BCUT2D eigenvalue weighted by molar-refractivity contribution is 6.42. The lowest BCUT2D eigenvalue weighted by Gasteiger charge is -2.30. The topological polar surface area (TPSA) is 32.3 Å². The molecule has 31 heavy (non-hydrogen) atoms. The minimum absolute atomic E-state index is 0.00752. The fourth-order valence-corrected chi connectivity index (χ4v) is 3.89. The van der Waals surface area contributed by atoms with Crippen molar-refractivity contribution in [2.75, 3.05) is 20.1 Å². The molecular formula is C20H16Cl2F6N2O. The van der Waals surface area contributed by atoms with Gasteiger partial charge in [0, 0.05) is 31.6 Å². The summed E-state index contributed by atoms with van der Waals surface area (Å²) < 4.78 is 78.8. The number of rotatable bonds is 3. The summed E-state index contributed by atoms with van der Waals surface area (Å²) in [6.45, 7) is 0.745. The first kappa shape index (κ1) is 23.7. The van der Waals surface area contributed by atoms with Crippen LogP contribution in [0.2, 0.25) is 10.0 Å². The van der Waals surface area contributed by atoms with Crippen LogP contribution in [0.4, 0.5) is 26.3 Å². The lowest BCUT2D eigenvalue weighted by Crippen LogP contribution is -2.41. The third-order valence-electron chi connectivity index (χ3n) is 5.21. The Morgan fingerprint density at radius 3 is 2.03 bits per heavy atom. The normalized spacial score (nSPS) is 19.5. The molecule has 1 N–H and O–H groups in total. The summed E-state index contributed by atoms with van der Waals surface area (Å²) in [6.07, 6.45) is -10.1. The first-order valence-electron chi connectivity index (χ1n) is 9.01. The van der Waals surface area contributed by atoms with E-state index >= 15 is 0 Å². The maximum absolute atomic E-state index is 13.1. The minimum Gasteiger partial charge on any atom is -0.337 e. The van der Waals surface area contributed by atoms with Gasteiger partial charge in [0.25, 0.3) is 5.91 Å². The number of nitrogens with zero attached hydrogens (tertiary/aromatic N) is 1. The van der Waals surface area contributed by atoms with Gasteiger partial charge in [-0.05, 0) is 35.9 Å². The van der Waals surface area contributed by atoms with Crippen LogP contribution in [-0.4, -0.2) is 37.0 Å². The van der Waals surface area contributed by atoms with Gasteiger partial charge in [0.2, 0.25) is 0 Å². The van der Waals surface area contributed by atoms with Gasteiger partial charge in [0.1, 0.15) is 0 Å². The van der Waals surface area contributed by atoms with E-state index in [4.69, 9.17) is 23.2 Å². The molecule has 1 aliphatic heterocycles. The van der Waals surface area contributed by atoms with Crippen LogP contribution in [0, 0.1) is 0 Å². The summed E-state index contributed by atoms with van der Waals surface area (Å²) in [5.74, 6) is -1.23. The maximum atomic E-state index is 13.1. The Balaban J connectivity index is 1.95. The highest BCUT2D eigenvalue weighted by Gasteiger charge is 2.39. The number of hydrogen-bond donors (Lipinski definition) is 1. The number of likely N-dealkylation sites (N-methyl/N-ethyl adjacent to an activating group) is 1. The van der Waals surface area contributed by atoms with Crippen molar-refractivity contribution >= 4 is 29.1 Å². The van der Waals surface area contributed by atoms with E-state index in [1.165, 1.54) is 7.05 Å². The van der Waals surface area contributed by atoms with Gasteiger partial charge in [-0.3, -0.25) is 4.79 Å². The van der Waals surface area contributed by atoms with Crippen LogP contribution in [0.25, 0.3) is 0 Å². The predicted octanol–water partition coefficient (Wildman–Crippen LogP) is 5.86. The Labute approximate surface area is 183 Å². The van der Waals surface area contributed by atoms with Gasteiger partial charge >= 0.3 is 12.4 Å². The quantitative estimate of drug-likeness (QED) is 0.553. The summed E-state index contributed by atoms with van der Waals surface area (Å²) >= 11 is 12.0. The molecule has 1 fully saturated rings. The van der Waals surface area contributed by atoms with Gasteiger partial charge in [0.15, 0.2) is 0 Å². The lowest BCUT2D eigenvalue weighted by atomic mass is 9.93. The van der Waals surface area contributed by atoms with Gasteiger partial charge < -0.3 is 10.2 Å². The highest BCUT2D eigenvalue weighted by atomic mass is 35.5. The second-order valence-corrected chi connectivity index (χ2v) is 8.03. The first-order valence-corrected chi connectivity index (χ1v) is 9.77. The Morgan fingerprint density at radius 1 is 0.935 bits per heavy atom. The van der Waals surface area contributed by atoms with Crippen LogP contribution < -0.4 is 5.32 Å². The van der Waals surface area contributed by atoms with Crippen molar-refractivity contribution in [2.24, 2.45) is 0 Å². The van der Waals surface area contributed by atoms with E-state index in [0.29, 0.717) is 35.3 Å². The molecule has 0 radical (unpaired) electrons. The van der Waals surface area contributed by atoms with Gasteiger partial charge in [-0.2, -0.15) is 26.3 Å². The molecule has 2 atom stereocenters. The monoisotopic (exact) mass is 484 g/mol. The molecule has 3 nitrogen and oxygen atoms in total. The molecule has 2 aromatic rings. The Morgan fingerprint density at radius 2 is 1.52 bits per heavy atom. The Kier molecular flexibility index (Phi) is 6.51. The third-order valence-corrected chi connectivity index (χ3v) is 5.95. The van der Waals surface area contributed by atoms with Crippen LogP contribution >= 0.6 is 23.2 Å². The summed E-state index contributed by atoms with van der Waals surface area (Å²) in [5.41, 5.74) is -3.03. The van der Waals surface area contributed by atoms with Crippen LogP contribution in [0.5, 0.6) is 0 Å². The molecule has 11 heteroatoms. The molecule has 0 aliphatic carbocycles. The molecule has 3 rings (SSSR count). The molecule has 1 amide bonds. The predicted molar refractivity (Wildman–Crippen MR) is 104 cm³/mol. The summed E-state index contributed by atoms with van der Waals surface area (Å²) in [6, 6.07) is 5.26. The molecule has 1 heterocycles. The van der Waals surface area contributed by atoms with Crippen molar-refractivity contribution < 1.29 is 31.1 Å². The molecule has 1 aliphatic rings. The maximum Gasteiger partial charge on any atom is 0.416 e. The molecule has 0 bridgehead atoms. The smallest absolute Gasteiger partial charge is 0.337 e. The van der Waals surface area contributed by atoms with Crippen LogP contribution in [0.15, 0.2) is 36.4 Å². The van der Waals surface area contributed by atoms with E-state index in [2.05, 4.69) is 5.32 Å². The summed E-state index contributed by atoms with van der Waals surface area (Å²) in [4.78, 5) is 14.1. The van der Waals surface area contributed by atoms with Crippen molar-refractivity contribution in [1.82, 2.24) is 10.2 Å². The number of benzene rings is 2. The summed E-state index contributed by atoms with van der Waals surface area (Å²) in [5, 5.41) is 3.72. The highest BCUT2D eigenvalue weighted by Crippen LogP contribution is 2.37. The molecule has 1 saturated heterocycles. The lowest BCUT2D eigenvalue weighted by molar-refractivity contribution is -0.143.